The van der Waals surface area contributed by atoms with Crippen LogP contribution in [-0.2, 0) is 14.8 Å². The Morgan fingerprint density at radius 2 is 1.90 bits per heavy atom. The van der Waals surface area contributed by atoms with Gasteiger partial charge in [0.1, 0.15) is 11.2 Å². The minimum atomic E-state index is -4.01. The lowest BCUT2D eigenvalue weighted by Gasteiger charge is -2.31. The predicted molar refractivity (Wildman–Crippen MR) is 105 cm³/mol. The van der Waals surface area contributed by atoms with E-state index in [4.69, 9.17) is 8.94 Å². The second kappa shape index (κ2) is 7.18. The molecule has 0 aliphatic carbocycles. The molecule has 1 aromatic carbocycles. The molecule has 0 atom stereocenters. The van der Waals surface area contributed by atoms with E-state index in [9.17, 15) is 13.2 Å². The summed E-state index contributed by atoms with van der Waals surface area (Å²) in [4.78, 5) is 19.3. The van der Waals surface area contributed by atoms with Gasteiger partial charge in [0.25, 0.3) is 16.0 Å². The van der Waals surface area contributed by atoms with Crippen LogP contribution in [0, 0.1) is 19.8 Å². The first-order valence-electron chi connectivity index (χ1n) is 9.35. The number of anilines is 1. The summed E-state index contributed by atoms with van der Waals surface area (Å²) >= 11 is 0. The highest BCUT2D eigenvalue weighted by Crippen LogP contribution is 2.29. The molecule has 0 unspecified atom stereocenters. The van der Waals surface area contributed by atoms with E-state index in [1.54, 1.807) is 6.92 Å². The van der Waals surface area contributed by atoms with Gasteiger partial charge in [-0.25, -0.2) is 12.7 Å². The third-order valence-electron chi connectivity index (χ3n) is 5.29. The van der Waals surface area contributed by atoms with Gasteiger partial charge in [0.15, 0.2) is 16.2 Å². The fourth-order valence-corrected chi connectivity index (χ4v) is 5.14. The Hall–Kier alpha value is -2.88. The number of para-hydroxylation sites is 2. The number of benzene rings is 1. The molecule has 10 heteroatoms. The molecule has 3 aromatic rings. The maximum absolute atomic E-state index is 12.9. The highest BCUT2D eigenvalue weighted by atomic mass is 32.2. The van der Waals surface area contributed by atoms with Crippen molar-refractivity contribution in [3.63, 3.8) is 0 Å². The van der Waals surface area contributed by atoms with Gasteiger partial charge in [0, 0.05) is 26.1 Å². The zero-order valence-electron chi connectivity index (χ0n) is 16.5. The van der Waals surface area contributed by atoms with Crippen molar-refractivity contribution in [1.82, 2.24) is 14.4 Å². The van der Waals surface area contributed by atoms with Crippen LogP contribution in [0.15, 0.2) is 38.1 Å². The van der Waals surface area contributed by atoms with Crippen LogP contribution in [0.25, 0.3) is 11.1 Å². The number of carbonyl (C=O) groups excluding carboxylic acids is 1. The number of sulfonamides is 1. The summed E-state index contributed by atoms with van der Waals surface area (Å²) in [5.74, 6) is -0.647. The van der Waals surface area contributed by atoms with Crippen molar-refractivity contribution in [3.05, 3.63) is 35.7 Å². The molecule has 0 N–H and O–H groups in total. The van der Waals surface area contributed by atoms with Crippen LogP contribution in [0.3, 0.4) is 0 Å². The molecule has 1 amide bonds. The minimum absolute atomic E-state index is 0.0442. The number of carbonyl (C=O) groups is 1. The fraction of sp³-hybridized carbons (Fsp3) is 0.421. The molecule has 0 radical (unpaired) electrons. The zero-order valence-corrected chi connectivity index (χ0v) is 17.3. The van der Waals surface area contributed by atoms with E-state index in [0.717, 1.165) is 9.82 Å². The molecular weight excluding hydrogens is 396 g/mol. The minimum Gasteiger partial charge on any atom is -0.423 e. The quantitative estimate of drug-likeness (QED) is 0.636. The molecule has 4 rings (SSSR count). The SMILES string of the molecule is Cc1noc(C)c1S(=O)(=O)N(C)C(=O)C1CCN(c2nc3ccccc3o2)CC1. The van der Waals surface area contributed by atoms with E-state index in [2.05, 4.69) is 10.1 Å². The first kappa shape index (κ1) is 19.4. The topological polar surface area (TPSA) is 110 Å². The Balaban J connectivity index is 1.46. The average Bonchev–Trinajstić information content (AvgIpc) is 3.30. The van der Waals surface area contributed by atoms with Gasteiger partial charge < -0.3 is 13.8 Å². The first-order chi connectivity index (χ1) is 13.8. The van der Waals surface area contributed by atoms with Crippen molar-refractivity contribution >= 4 is 33.0 Å². The normalized spacial score (nSPS) is 15.8. The van der Waals surface area contributed by atoms with E-state index in [0.29, 0.717) is 37.5 Å². The lowest BCUT2D eigenvalue weighted by Crippen LogP contribution is -2.43. The van der Waals surface area contributed by atoms with Crippen LogP contribution in [0.1, 0.15) is 24.3 Å². The summed E-state index contributed by atoms with van der Waals surface area (Å²) in [6.45, 7) is 4.18. The molecule has 1 aliphatic rings. The Kier molecular flexibility index (Phi) is 4.81. The fourth-order valence-electron chi connectivity index (χ4n) is 3.67. The van der Waals surface area contributed by atoms with Crippen LogP contribution < -0.4 is 4.90 Å². The smallest absolute Gasteiger partial charge is 0.298 e. The highest BCUT2D eigenvalue weighted by Gasteiger charge is 2.36. The van der Waals surface area contributed by atoms with Gasteiger partial charge in [-0.3, -0.25) is 4.79 Å². The zero-order chi connectivity index (χ0) is 20.8. The number of hydrogen-bond acceptors (Lipinski definition) is 8. The molecule has 0 spiro atoms. The van der Waals surface area contributed by atoms with Crippen molar-refractivity contribution in [3.8, 4) is 0 Å². The number of oxazole rings is 1. The monoisotopic (exact) mass is 418 g/mol. The van der Waals surface area contributed by atoms with Crippen LogP contribution >= 0.6 is 0 Å². The summed E-state index contributed by atoms with van der Waals surface area (Å²) in [5, 5.41) is 3.68. The molecule has 1 fully saturated rings. The van der Waals surface area contributed by atoms with Crippen LogP contribution in [0.5, 0.6) is 0 Å². The first-order valence-corrected chi connectivity index (χ1v) is 10.8. The maximum atomic E-state index is 12.9. The second-order valence-electron chi connectivity index (χ2n) is 7.19. The third-order valence-corrected chi connectivity index (χ3v) is 7.29. The molecule has 29 heavy (non-hydrogen) atoms. The number of fused-ring (bicyclic) bond motifs is 1. The average molecular weight is 418 g/mol. The molecule has 1 aliphatic heterocycles. The molecule has 9 nitrogen and oxygen atoms in total. The van der Waals surface area contributed by atoms with Gasteiger partial charge in [-0.05, 0) is 38.8 Å². The number of aromatic nitrogens is 2. The van der Waals surface area contributed by atoms with Crippen molar-refractivity contribution in [2.45, 2.75) is 31.6 Å². The molecular formula is C19H22N4O5S. The number of hydrogen-bond donors (Lipinski definition) is 0. The lowest BCUT2D eigenvalue weighted by atomic mass is 9.96. The van der Waals surface area contributed by atoms with E-state index < -0.39 is 21.8 Å². The van der Waals surface area contributed by atoms with Gasteiger partial charge in [0.05, 0.1) is 0 Å². The Labute approximate surface area is 168 Å². The van der Waals surface area contributed by atoms with Gasteiger partial charge in [-0.1, -0.05) is 17.3 Å². The Morgan fingerprint density at radius 1 is 1.21 bits per heavy atom. The van der Waals surface area contributed by atoms with E-state index in [1.165, 1.54) is 14.0 Å². The van der Waals surface area contributed by atoms with Crippen molar-refractivity contribution in [2.75, 3.05) is 25.0 Å². The maximum Gasteiger partial charge on any atom is 0.298 e. The number of rotatable bonds is 4. The van der Waals surface area contributed by atoms with Gasteiger partial charge in [0.2, 0.25) is 5.91 Å². The molecule has 154 valence electrons. The standard InChI is InChI=1S/C19H22N4O5S/c1-12-17(13(2)28-21-12)29(25,26)22(3)18(24)14-8-10-23(11-9-14)19-20-15-6-4-5-7-16(15)27-19/h4-7,14H,8-11H2,1-3H3. The van der Waals surface area contributed by atoms with Crippen LogP contribution in [-0.4, -0.2) is 48.9 Å². The molecule has 3 heterocycles. The number of aryl methyl sites for hydroxylation is 2. The highest BCUT2D eigenvalue weighted by molar-refractivity contribution is 7.89. The Morgan fingerprint density at radius 3 is 2.52 bits per heavy atom. The van der Waals surface area contributed by atoms with E-state index in [-0.39, 0.29) is 16.3 Å². The molecule has 0 bridgehead atoms. The number of piperidine rings is 1. The summed E-state index contributed by atoms with van der Waals surface area (Å²) in [5.41, 5.74) is 1.74. The second-order valence-corrected chi connectivity index (χ2v) is 9.10. The van der Waals surface area contributed by atoms with Gasteiger partial charge >= 0.3 is 0 Å². The number of nitrogens with zero attached hydrogens (tertiary/aromatic N) is 4. The summed E-state index contributed by atoms with van der Waals surface area (Å²) in [6.07, 6.45) is 1.03. The van der Waals surface area contributed by atoms with E-state index >= 15 is 0 Å². The molecule has 0 saturated carbocycles. The lowest BCUT2D eigenvalue weighted by molar-refractivity contribution is -0.130. The molecule has 2 aromatic heterocycles. The van der Waals surface area contributed by atoms with E-state index in [1.807, 2.05) is 29.2 Å². The number of amides is 1. The predicted octanol–water partition coefficient (Wildman–Crippen LogP) is 2.50. The summed E-state index contributed by atoms with van der Waals surface area (Å²) in [7, 11) is -2.72. The van der Waals surface area contributed by atoms with Crippen molar-refractivity contribution < 1.29 is 22.2 Å². The molecule has 1 saturated heterocycles. The van der Waals surface area contributed by atoms with Crippen LogP contribution in [0.2, 0.25) is 0 Å². The van der Waals surface area contributed by atoms with Crippen LogP contribution in [0.4, 0.5) is 6.01 Å². The third kappa shape index (κ3) is 3.37. The summed E-state index contributed by atoms with van der Waals surface area (Å²) < 4.78 is 37.3. The van der Waals surface area contributed by atoms with Crippen molar-refractivity contribution in [1.29, 1.82) is 0 Å². The summed E-state index contributed by atoms with van der Waals surface area (Å²) in [6, 6.07) is 8.05. The van der Waals surface area contributed by atoms with Crippen molar-refractivity contribution in [2.24, 2.45) is 5.92 Å². The Bertz CT molecular complexity index is 1110. The van der Waals surface area contributed by atoms with Gasteiger partial charge in [-0.15, -0.1) is 0 Å². The van der Waals surface area contributed by atoms with Gasteiger partial charge in [-0.2, -0.15) is 4.98 Å². The largest absolute Gasteiger partial charge is 0.423 e.